The lowest BCUT2D eigenvalue weighted by atomic mass is 10.0. The predicted octanol–water partition coefficient (Wildman–Crippen LogP) is -0.0143. The van der Waals surface area contributed by atoms with Crippen LogP contribution in [0.2, 0.25) is 0 Å². The third-order valence-corrected chi connectivity index (χ3v) is 2.80. The van der Waals surface area contributed by atoms with Crippen LogP contribution in [-0.2, 0) is 9.59 Å². The van der Waals surface area contributed by atoms with E-state index in [0.717, 1.165) is 6.42 Å². The minimum atomic E-state index is -0.773. The zero-order chi connectivity index (χ0) is 8.72. The fraction of sp³-hybridized carbons (Fsp3) is 0.750. The maximum Gasteiger partial charge on any atom is 0.308 e. The summed E-state index contributed by atoms with van der Waals surface area (Å²) in [6, 6.07) is -0.103. The molecule has 0 aromatic heterocycles. The number of amides is 1. The van der Waals surface area contributed by atoms with E-state index in [-0.39, 0.29) is 17.9 Å². The SMILES string of the molecule is O=C1C[C@@H]2C[C@H](N1)[C@H](C(=O)O)C2. The molecule has 2 fully saturated rings. The first-order chi connectivity index (χ1) is 5.66. The average Bonchev–Trinajstić information content (AvgIpc) is 2.26. The van der Waals surface area contributed by atoms with E-state index >= 15 is 0 Å². The molecular formula is C8H11NO3. The summed E-state index contributed by atoms with van der Waals surface area (Å²) in [5, 5.41) is 11.5. The molecule has 1 saturated heterocycles. The molecule has 12 heavy (non-hydrogen) atoms. The van der Waals surface area contributed by atoms with E-state index in [1.165, 1.54) is 0 Å². The van der Waals surface area contributed by atoms with Crippen LogP contribution in [0.25, 0.3) is 0 Å². The highest BCUT2D eigenvalue weighted by atomic mass is 16.4. The first kappa shape index (κ1) is 7.58. The summed E-state index contributed by atoms with van der Waals surface area (Å²) in [5.41, 5.74) is 0. The number of carboxylic acid groups (broad SMARTS) is 1. The van der Waals surface area contributed by atoms with Gasteiger partial charge in [-0.05, 0) is 18.8 Å². The molecule has 0 aromatic carbocycles. The Morgan fingerprint density at radius 2 is 2.25 bits per heavy atom. The molecule has 4 nitrogen and oxygen atoms in total. The van der Waals surface area contributed by atoms with Crippen LogP contribution in [0, 0.1) is 11.8 Å². The van der Waals surface area contributed by atoms with Crippen LogP contribution in [0.5, 0.6) is 0 Å². The Hall–Kier alpha value is -1.06. The molecule has 2 N–H and O–H groups in total. The Bertz CT molecular complexity index is 238. The number of aliphatic carboxylic acids is 1. The molecular weight excluding hydrogens is 158 g/mol. The Morgan fingerprint density at radius 1 is 1.50 bits per heavy atom. The van der Waals surface area contributed by atoms with Gasteiger partial charge in [0.05, 0.1) is 5.92 Å². The van der Waals surface area contributed by atoms with E-state index in [1.807, 2.05) is 0 Å². The van der Waals surface area contributed by atoms with Gasteiger partial charge in [-0.25, -0.2) is 0 Å². The Kier molecular flexibility index (Phi) is 1.56. The van der Waals surface area contributed by atoms with Crippen molar-refractivity contribution in [2.45, 2.75) is 25.3 Å². The number of hydrogen-bond acceptors (Lipinski definition) is 2. The second-order valence-electron chi connectivity index (χ2n) is 3.66. The second-order valence-corrected chi connectivity index (χ2v) is 3.66. The lowest BCUT2D eigenvalue weighted by molar-refractivity contribution is -0.142. The molecule has 2 rings (SSSR count). The van der Waals surface area contributed by atoms with Crippen LogP contribution in [0.15, 0.2) is 0 Å². The highest BCUT2D eigenvalue weighted by Crippen LogP contribution is 2.36. The van der Waals surface area contributed by atoms with Gasteiger partial charge in [-0.1, -0.05) is 0 Å². The quantitative estimate of drug-likeness (QED) is 0.580. The van der Waals surface area contributed by atoms with Gasteiger partial charge in [-0.2, -0.15) is 0 Å². The van der Waals surface area contributed by atoms with E-state index in [9.17, 15) is 9.59 Å². The van der Waals surface area contributed by atoms with Gasteiger partial charge >= 0.3 is 5.97 Å². The summed E-state index contributed by atoms with van der Waals surface area (Å²) in [6.07, 6.45) is 2.03. The van der Waals surface area contributed by atoms with Gasteiger partial charge in [0.1, 0.15) is 0 Å². The maximum atomic E-state index is 11.0. The van der Waals surface area contributed by atoms with E-state index in [2.05, 4.69) is 5.32 Å². The third kappa shape index (κ3) is 1.07. The van der Waals surface area contributed by atoms with Crippen LogP contribution in [-0.4, -0.2) is 23.0 Å². The molecule has 0 spiro atoms. The van der Waals surface area contributed by atoms with E-state index in [4.69, 9.17) is 5.11 Å². The van der Waals surface area contributed by atoms with Crippen molar-refractivity contribution in [3.05, 3.63) is 0 Å². The van der Waals surface area contributed by atoms with Crippen molar-refractivity contribution in [2.75, 3.05) is 0 Å². The summed E-state index contributed by atoms with van der Waals surface area (Å²) in [7, 11) is 0. The molecule has 0 unspecified atom stereocenters. The van der Waals surface area contributed by atoms with Crippen molar-refractivity contribution in [1.82, 2.24) is 5.32 Å². The molecule has 1 aliphatic carbocycles. The van der Waals surface area contributed by atoms with Crippen LogP contribution in [0.1, 0.15) is 19.3 Å². The lowest BCUT2D eigenvalue weighted by Gasteiger charge is -2.20. The predicted molar refractivity (Wildman–Crippen MR) is 40.4 cm³/mol. The summed E-state index contributed by atoms with van der Waals surface area (Å²) in [4.78, 5) is 21.7. The van der Waals surface area contributed by atoms with Gasteiger partial charge in [-0.3, -0.25) is 9.59 Å². The average molecular weight is 169 g/mol. The van der Waals surface area contributed by atoms with Crippen molar-refractivity contribution in [2.24, 2.45) is 11.8 Å². The fourth-order valence-corrected chi connectivity index (χ4v) is 2.27. The van der Waals surface area contributed by atoms with E-state index in [1.54, 1.807) is 0 Å². The number of fused-ring (bicyclic) bond motifs is 2. The normalized spacial score (nSPS) is 39.3. The summed E-state index contributed by atoms with van der Waals surface area (Å²) < 4.78 is 0. The van der Waals surface area contributed by atoms with Crippen molar-refractivity contribution in [3.8, 4) is 0 Å². The first-order valence-electron chi connectivity index (χ1n) is 4.19. The molecule has 0 radical (unpaired) electrons. The molecule has 1 heterocycles. The fourth-order valence-electron chi connectivity index (χ4n) is 2.27. The molecule has 2 aliphatic rings. The van der Waals surface area contributed by atoms with Crippen LogP contribution >= 0.6 is 0 Å². The van der Waals surface area contributed by atoms with Gasteiger partial charge in [-0.15, -0.1) is 0 Å². The molecule has 1 amide bonds. The van der Waals surface area contributed by atoms with Gasteiger partial charge < -0.3 is 10.4 Å². The smallest absolute Gasteiger partial charge is 0.308 e. The minimum absolute atomic E-state index is 0.0139. The first-order valence-corrected chi connectivity index (χ1v) is 4.19. The molecule has 2 bridgehead atoms. The standard InChI is InChI=1S/C8H11NO3/c10-7-3-4-1-5(8(11)12)6(2-4)9-7/h4-6H,1-3H2,(H,9,10)(H,11,12)/t4-,5+,6-/m0/s1. The number of rotatable bonds is 1. The number of carboxylic acids is 1. The van der Waals surface area contributed by atoms with Gasteiger partial charge in [0.25, 0.3) is 0 Å². The lowest BCUT2D eigenvalue weighted by Crippen LogP contribution is -2.42. The van der Waals surface area contributed by atoms with Gasteiger partial charge in [0.2, 0.25) is 5.91 Å². The Balaban J connectivity index is 2.14. The highest BCUT2D eigenvalue weighted by molar-refractivity contribution is 5.80. The number of carbonyl (C=O) groups is 2. The molecule has 66 valence electrons. The number of piperidine rings is 1. The van der Waals surface area contributed by atoms with Crippen molar-refractivity contribution < 1.29 is 14.7 Å². The zero-order valence-electron chi connectivity index (χ0n) is 6.62. The number of nitrogens with one attached hydrogen (secondary N) is 1. The summed E-state index contributed by atoms with van der Waals surface area (Å²) >= 11 is 0. The number of carbonyl (C=O) groups excluding carboxylic acids is 1. The van der Waals surface area contributed by atoms with E-state index < -0.39 is 5.97 Å². The van der Waals surface area contributed by atoms with Crippen LogP contribution < -0.4 is 5.32 Å². The number of hydrogen-bond donors (Lipinski definition) is 2. The Labute approximate surface area is 69.9 Å². The largest absolute Gasteiger partial charge is 0.481 e. The van der Waals surface area contributed by atoms with Crippen molar-refractivity contribution in [3.63, 3.8) is 0 Å². The van der Waals surface area contributed by atoms with Crippen molar-refractivity contribution >= 4 is 11.9 Å². The highest BCUT2D eigenvalue weighted by Gasteiger charge is 2.43. The second kappa shape index (κ2) is 2.47. The van der Waals surface area contributed by atoms with E-state index in [0.29, 0.717) is 18.8 Å². The summed E-state index contributed by atoms with van der Waals surface area (Å²) in [6.45, 7) is 0. The topological polar surface area (TPSA) is 66.4 Å². The minimum Gasteiger partial charge on any atom is -0.481 e. The maximum absolute atomic E-state index is 11.0. The molecule has 0 aromatic rings. The molecule has 1 aliphatic heterocycles. The zero-order valence-corrected chi connectivity index (χ0v) is 6.62. The Morgan fingerprint density at radius 3 is 2.92 bits per heavy atom. The van der Waals surface area contributed by atoms with Crippen LogP contribution in [0.4, 0.5) is 0 Å². The molecule has 4 heteroatoms. The van der Waals surface area contributed by atoms with Crippen LogP contribution in [0.3, 0.4) is 0 Å². The monoisotopic (exact) mass is 169 g/mol. The van der Waals surface area contributed by atoms with Gasteiger partial charge in [0.15, 0.2) is 0 Å². The van der Waals surface area contributed by atoms with Gasteiger partial charge in [0, 0.05) is 12.5 Å². The van der Waals surface area contributed by atoms with Crippen molar-refractivity contribution in [1.29, 1.82) is 0 Å². The summed E-state index contributed by atoms with van der Waals surface area (Å²) in [5.74, 6) is -0.795. The molecule has 3 atom stereocenters. The molecule has 1 saturated carbocycles. The third-order valence-electron chi connectivity index (χ3n) is 2.80.